The third-order valence-electron chi connectivity index (χ3n) is 3.19. The third-order valence-corrected chi connectivity index (χ3v) is 3.91. The lowest BCUT2D eigenvalue weighted by Gasteiger charge is -2.14. The van der Waals surface area contributed by atoms with Gasteiger partial charge in [0.05, 0.1) is 11.3 Å². The van der Waals surface area contributed by atoms with Crippen molar-refractivity contribution < 1.29 is 23.1 Å². The molecule has 0 aliphatic rings. The molecule has 0 saturated carbocycles. The SMILES string of the molecule is C[C@H](OC(=O)c1ccccc1Nc1ccc(SC(F)F)cc1)C(N)=O. The first-order chi connectivity index (χ1) is 11.9. The highest BCUT2D eigenvalue weighted by molar-refractivity contribution is 7.99. The monoisotopic (exact) mass is 366 g/mol. The summed E-state index contributed by atoms with van der Waals surface area (Å²) < 4.78 is 29.7. The number of hydrogen-bond donors (Lipinski definition) is 2. The Hall–Kier alpha value is -2.61. The second-order valence-electron chi connectivity index (χ2n) is 5.02. The second kappa shape index (κ2) is 8.48. The fourth-order valence-electron chi connectivity index (χ4n) is 1.93. The van der Waals surface area contributed by atoms with Gasteiger partial charge in [-0.25, -0.2) is 4.79 Å². The van der Waals surface area contributed by atoms with E-state index in [1.165, 1.54) is 6.92 Å². The van der Waals surface area contributed by atoms with Crippen molar-refractivity contribution in [3.05, 3.63) is 54.1 Å². The molecule has 3 N–H and O–H groups in total. The van der Waals surface area contributed by atoms with E-state index in [9.17, 15) is 18.4 Å². The van der Waals surface area contributed by atoms with Crippen molar-refractivity contribution in [1.82, 2.24) is 0 Å². The van der Waals surface area contributed by atoms with Gasteiger partial charge in [0.25, 0.3) is 11.7 Å². The van der Waals surface area contributed by atoms with Crippen molar-refractivity contribution in [3.63, 3.8) is 0 Å². The van der Waals surface area contributed by atoms with Crippen LogP contribution < -0.4 is 11.1 Å². The average Bonchev–Trinajstić information content (AvgIpc) is 2.56. The Morgan fingerprint density at radius 3 is 2.36 bits per heavy atom. The third kappa shape index (κ3) is 5.46. The van der Waals surface area contributed by atoms with Gasteiger partial charge in [0.1, 0.15) is 0 Å². The van der Waals surface area contributed by atoms with Crippen molar-refractivity contribution in [2.24, 2.45) is 5.73 Å². The van der Waals surface area contributed by atoms with E-state index in [-0.39, 0.29) is 5.56 Å². The predicted octanol–water partition coefficient (Wildman–Crippen LogP) is 3.78. The fourth-order valence-corrected chi connectivity index (χ4v) is 2.43. The Morgan fingerprint density at radius 1 is 1.12 bits per heavy atom. The van der Waals surface area contributed by atoms with Gasteiger partial charge in [0.15, 0.2) is 6.10 Å². The first-order valence-electron chi connectivity index (χ1n) is 7.28. The van der Waals surface area contributed by atoms with Crippen LogP contribution in [0.4, 0.5) is 20.2 Å². The lowest BCUT2D eigenvalue weighted by atomic mass is 10.1. The molecule has 1 amide bonds. The zero-order valence-electron chi connectivity index (χ0n) is 13.2. The summed E-state index contributed by atoms with van der Waals surface area (Å²) in [4.78, 5) is 23.6. The van der Waals surface area contributed by atoms with Crippen LogP contribution in [-0.4, -0.2) is 23.7 Å². The molecule has 0 aliphatic carbocycles. The van der Waals surface area contributed by atoms with Crippen LogP contribution in [0.2, 0.25) is 0 Å². The number of carbonyl (C=O) groups is 2. The Morgan fingerprint density at radius 2 is 1.76 bits per heavy atom. The number of alkyl halides is 2. The van der Waals surface area contributed by atoms with Gasteiger partial charge in [-0.2, -0.15) is 8.78 Å². The molecule has 5 nitrogen and oxygen atoms in total. The number of anilines is 2. The van der Waals surface area contributed by atoms with E-state index in [0.29, 0.717) is 28.0 Å². The number of rotatable bonds is 7. The minimum Gasteiger partial charge on any atom is -0.449 e. The quantitative estimate of drug-likeness (QED) is 0.576. The van der Waals surface area contributed by atoms with Gasteiger partial charge in [-0.1, -0.05) is 23.9 Å². The van der Waals surface area contributed by atoms with Crippen LogP contribution in [0.5, 0.6) is 0 Å². The normalized spacial score (nSPS) is 11.8. The van der Waals surface area contributed by atoms with Crippen LogP contribution in [0.25, 0.3) is 0 Å². The van der Waals surface area contributed by atoms with Crippen molar-refractivity contribution in [2.75, 3.05) is 5.32 Å². The summed E-state index contributed by atoms with van der Waals surface area (Å²) in [6.07, 6.45) is -1.05. The summed E-state index contributed by atoms with van der Waals surface area (Å²) in [6.45, 7) is 1.38. The number of ether oxygens (including phenoxy) is 1. The summed E-state index contributed by atoms with van der Waals surface area (Å²) in [6, 6.07) is 12.9. The summed E-state index contributed by atoms with van der Waals surface area (Å²) in [5, 5.41) is 3.02. The predicted molar refractivity (Wildman–Crippen MR) is 92.1 cm³/mol. The van der Waals surface area contributed by atoms with Gasteiger partial charge in [-0.3, -0.25) is 4.79 Å². The smallest absolute Gasteiger partial charge is 0.341 e. The number of nitrogens with two attached hydrogens (primary N) is 1. The Labute approximate surface area is 147 Å². The summed E-state index contributed by atoms with van der Waals surface area (Å²) in [5.41, 5.74) is 6.38. The van der Waals surface area contributed by atoms with E-state index in [2.05, 4.69) is 5.32 Å². The molecule has 0 aliphatic heterocycles. The van der Waals surface area contributed by atoms with E-state index >= 15 is 0 Å². The average molecular weight is 366 g/mol. The number of hydrogen-bond acceptors (Lipinski definition) is 5. The molecule has 0 radical (unpaired) electrons. The molecule has 2 rings (SSSR count). The largest absolute Gasteiger partial charge is 0.449 e. The van der Waals surface area contributed by atoms with E-state index in [4.69, 9.17) is 10.5 Å². The molecule has 0 saturated heterocycles. The minimum absolute atomic E-state index is 0.224. The summed E-state index contributed by atoms with van der Waals surface area (Å²) in [5.74, 6) is -3.92. The van der Waals surface area contributed by atoms with Crippen LogP contribution in [0.15, 0.2) is 53.4 Å². The molecule has 2 aromatic carbocycles. The van der Waals surface area contributed by atoms with Crippen molar-refractivity contribution in [3.8, 4) is 0 Å². The van der Waals surface area contributed by atoms with Gasteiger partial charge < -0.3 is 15.8 Å². The summed E-state index contributed by atoms with van der Waals surface area (Å²) >= 11 is 0.452. The molecule has 8 heteroatoms. The van der Waals surface area contributed by atoms with Crippen LogP contribution in [0.3, 0.4) is 0 Å². The topological polar surface area (TPSA) is 81.4 Å². The lowest BCUT2D eigenvalue weighted by molar-refractivity contribution is -0.125. The van der Waals surface area contributed by atoms with Gasteiger partial charge in [-0.05, 0) is 43.3 Å². The Kier molecular flexibility index (Phi) is 6.35. The van der Waals surface area contributed by atoms with Crippen molar-refractivity contribution >= 4 is 35.0 Å². The molecule has 1 atom stereocenters. The van der Waals surface area contributed by atoms with E-state index in [1.807, 2.05) is 0 Å². The van der Waals surface area contributed by atoms with Gasteiger partial charge in [0.2, 0.25) is 0 Å². The lowest BCUT2D eigenvalue weighted by Crippen LogP contribution is -2.30. The molecule has 0 bridgehead atoms. The molecular weight excluding hydrogens is 350 g/mol. The van der Waals surface area contributed by atoms with Crippen LogP contribution in [0.1, 0.15) is 17.3 Å². The van der Waals surface area contributed by atoms with Crippen LogP contribution in [-0.2, 0) is 9.53 Å². The van der Waals surface area contributed by atoms with Gasteiger partial charge in [-0.15, -0.1) is 0 Å². The second-order valence-corrected chi connectivity index (χ2v) is 6.09. The van der Waals surface area contributed by atoms with Gasteiger partial charge >= 0.3 is 5.97 Å². The zero-order chi connectivity index (χ0) is 18.4. The molecule has 25 heavy (non-hydrogen) atoms. The molecule has 0 fully saturated rings. The van der Waals surface area contributed by atoms with Gasteiger partial charge in [0, 0.05) is 10.6 Å². The maximum Gasteiger partial charge on any atom is 0.341 e. The highest BCUT2D eigenvalue weighted by atomic mass is 32.2. The maximum atomic E-state index is 12.3. The van der Waals surface area contributed by atoms with E-state index < -0.39 is 23.7 Å². The number of amides is 1. The Bertz CT molecular complexity index is 754. The standard InChI is InChI=1S/C17H16F2N2O3S/c1-10(15(20)22)24-16(23)13-4-2-3-5-14(13)21-11-6-8-12(9-7-11)25-17(18)19/h2-10,17,21H,1H3,(H2,20,22)/t10-/m0/s1. The molecule has 0 spiro atoms. The summed E-state index contributed by atoms with van der Waals surface area (Å²) in [7, 11) is 0. The highest BCUT2D eigenvalue weighted by Gasteiger charge is 2.18. The van der Waals surface area contributed by atoms with E-state index in [0.717, 1.165) is 0 Å². The van der Waals surface area contributed by atoms with Crippen LogP contribution in [0, 0.1) is 0 Å². The maximum absolute atomic E-state index is 12.3. The van der Waals surface area contributed by atoms with Crippen LogP contribution >= 0.6 is 11.8 Å². The molecule has 2 aromatic rings. The highest BCUT2D eigenvalue weighted by Crippen LogP contribution is 2.28. The molecule has 132 valence electrons. The Balaban J connectivity index is 2.15. The van der Waals surface area contributed by atoms with Crippen molar-refractivity contribution in [2.45, 2.75) is 23.7 Å². The number of nitrogens with one attached hydrogen (secondary N) is 1. The number of halogens is 2. The number of carbonyl (C=O) groups excluding carboxylic acids is 2. The van der Waals surface area contributed by atoms with E-state index in [1.54, 1.807) is 48.5 Å². The number of esters is 1. The molecule has 0 aromatic heterocycles. The molecule has 0 unspecified atom stereocenters. The number of primary amides is 1. The van der Waals surface area contributed by atoms with Crippen molar-refractivity contribution in [1.29, 1.82) is 0 Å². The fraction of sp³-hybridized carbons (Fsp3) is 0.176. The number of para-hydroxylation sites is 1. The zero-order valence-corrected chi connectivity index (χ0v) is 14.1. The first kappa shape index (κ1) is 18.7. The molecule has 0 heterocycles. The minimum atomic E-state index is -2.48. The number of thioether (sulfide) groups is 1. The molecular formula is C17H16F2N2O3S. The first-order valence-corrected chi connectivity index (χ1v) is 8.16. The number of benzene rings is 2.